The molecule has 1 heterocycles. The summed E-state index contributed by atoms with van der Waals surface area (Å²) in [6, 6.07) is 13.0. The number of nitrogens with one attached hydrogen (secondary N) is 1. The standard InChI is InChI=1S/C16H13ClN2OS/c1-10-2-7-13-14(8-10)19-16(18-13)21-9-15(20)11-3-5-12(17)6-4-11/h2-8H,9H2,1H3,(H,18,19). The summed E-state index contributed by atoms with van der Waals surface area (Å²) in [6.45, 7) is 2.04. The summed E-state index contributed by atoms with van der Waals surface area (Å²) < 4.78 is 0. The number of rotatable bonds is 4. The van der Waals surface area contributed by atoms with Crippen molar-refractivity contribution in [3.63, 3.8) is 0 Å². The molecule has 3 nitrogen and oxygen atoms in total. The molecule has 0 saturated carbocycles. The summed E-state index contributed by atoms with van der Waals surface area (Å²) >= 11 is 7.23. The lowest BCUT2D eigenvalue weighted by Crippen LogP contribution is -2.02. The van der Waals surface area contributed by atoms with E-state index in [0.717, 1.165) is 16.2 Å². The van der Waals surface area contributed by atoms with E-state index in [0.29, 0.717) is 16.3 Å². The Hall–Kier alpha value is -1.78. The maximum absolute atomic E-state index is 12.1. The predicted octanol–water partition coefficient (Wildman–Crippen LogP) is 4.50. The molecule has 0 aliphatic carbocycles. The number of hydrogen-bond donors (Lipinski definition) is 1. The number of aromatic nitrogens is 2. The number of aromatic amines is 1. The summed E-state index contributed by atoms with van der Waals surface area (Å²) in [4.78, 5) is 19.8. The van der Waals surface area contributed by atoms with E-state index >= 15 is 0 Å². The average molecular weight is 317 g/mol. The number of fused-ring (bicyclic) bond motifs is 1. The van der Waals surface area contributed by atoms with E-state index in [9.17, 15) is 4.79 Å². The first kappa shape index (κ1) is 14.2. The third-order valence-electron chi connectivity index (χ3n) is 3.12. The van der Waals surface area contributed by atoms with Crippen LogP contribution in [0.1, 0.15) is 15.9 Å². The van der Waals surface area contributed by atoms with E-state index in [2.05, 4.69) is 9.97 Å². The second-order valence-electron chi connectivity index (χ2n) is 4.78. The van der Waals surface area contributed by atoms with Gasteiger partial charge in [-0.3, -0.25) is 4.79 Å². The van der Waals surface area contributed by atoms with Crippen LogP contribution in [0.3, 0.4) is 0 Å². The van der Waals surface area contributed by atoms with Gasteiger partial charge in [-0.15, -0.1) is 0 Å². The largest absolute Gasteiger partial charge is 0.333 e. The number of halogens is 1. The number of imidazole rings is 1. The highest BCUT2D eigenvalue weighted by Gasteiger charge is 2.09. The fraction of sp³-hybridized carbons (Fsp3) is 0.125. The van der Waals surface area contributed by atoms with Crippen LogP contribution in [-0.2, 0) is 0 Å². The van der Waals surface area contributed by atoms with Gasteiger partial charge < -0.3 is 4.98 Å². The van der Waals surface area contributed by atoms with Gasteiger partial charge in [-0.2, -0.15) is 0 Å². The fourth-order valence-electron chi connectivity index (χ4n) is 2.02. The number of ketones is 1. The highest BCUT2D eigenvalue weighted by Crippen LogP contribution is 2.21. The molecule has 3 aromatic rings. The first-order valence-corrected chi connectivity index (χ1v) is 7.86. The molecule has 0 atom stereocenters. The summed E-state index contributed by atoms with van der Waals surface area (Å²) in [5, 5.41) is 1.39. The summed E-state index contributed by atoms with van der Waals surface area (Å²) in [5.74, 6) is 0.411. The van der Waals surface area contributed by atoms with Crippen LogP contribution in [-0.4, -0.2) is 21.5 Å². The zero-order chi connectivity index (χ0) is 14.8. The lowest BCUT2D eigenvalue weighted by Gasteiger charge is -1.99. The van der Waals surface area contributed by atoms with Crippen LogP contribution in [0.4, 0.5) is 0 Å². The Morgan fingerprint density at radius 2 is 2.00 bits per heavy atom. The third kappa shape index (κ3) is 3.28. The molecule has 0 spiro atoms. The van der Waals surface area contributed by atoms with E-state index in [-0.39, 0.29) is 5.78 Å². The van der Waals surface area contributed by atoms with E-state index < -0.39 is 0 Å². The maximum Gasteiger partial charge on any atom is 0.173 e. The van der Waals surface area contributed by atoms with E-state index in [1.165, 1.54) is 17.3 Å². The first-order valence-electron chi connectivity index (χ1n) is 6.50. The van der Waals surface area contributed by atoms with Crippen molar-refractivity contribution < 1.29 is 4.79 Å². The molecule has 0 aliphatic heterocycles. The lowest BCUT2D eigenvalue weighted by molar-refractivity contribution is 0.102. The van der Waals surface area contributed by atoms with Gasteiger partial charge in [0.2, 0.25) is 0 Å². The van der Waals surface area contributed by atoms with Crippen LogP contribution in [0.15, 0.2) is 47.6 Å². The molecule has 1 aromatic heterocycles. The number of H-pyrrole nitrogens is 1. The second kappa shape index (κ2) is 5.92. The van der Waals surface area contributed by atoms with Crippen molar-refractivity contribution in [2.75, 3.05) is 5.75 Å². The fourth-order valence-corrected chi connectivity index (χ4v) is 2.93. The van der Waals surface area contributed by atoms with Gasteiger partial charge in [0.1, 0.15) is 0 Å². The van der Waals surface area contributed by atoms with E-state index in [1.807, 2.05) is 25.1 Å². The van der Waals surface area contributed by atoms with Gasteiger partial charge >= 0.3 is 0 Å². The third-order valence-corrected chi connectivity index (χ3v) is 4.25. The van der Waals surface area contributed by atoms with Gasteiger partial charge in [-0.05, 0) is 48.9 Å². The zero-order valence-electron chi connectivity index (χ0n) is 11.4. The van der Waals surface area contributed by atoms with Gasteiger partial charge in [0, 0.05) is 10.6 Å². The minimum atomic E-state index is 0.0632. The Labute approximate surface area is 131 Å². The summed E-state index contributed by atoms with van der Waals surface area (Å²) in [5.41, 5.74) is 3.76. The van der Waals surface area contributed by atoms with Crippen molar-refractivity contribution in [3.8, 4) is 0 Å². The van der Waals surface area contributed by atoms with Crippen molar-refractivity contribution in [3.05, 3.63) is 58.6 Å². The van der Waals surface area contributed by atoms with Crippen molar-refractivity contribution in [2.24, 2.45) is 0 Å². The molecular formula is C16H13ClN2OS. The number of aryl methyl sites for hydroxylation is 1. The lowest BCUT2D eigenvalue weighted by atomic mass is 10.1. The SMILES string of the molecule is Cc1ccc2nc(SCC(=O)c3ccc(Cl)cc3)[nH]c2c1. The van der Waals surface area contributed by atoms with Crippen LogP contribution < -0.4 is 0 Å². The second-order valence-corrected chi connectivity index (χ2v) is 6.18. The number of carbonyl (C=O) groups is 1. The monoisotopic (exact) mass is 316 g/mol. The van der Waals surface area contributed by atoms with Crippen LogP contribution in [0, 0.1) is 6.92 Å². The van der Waals surface area contributed by atoms with Crippen LogP contribution >= 0.6 is 23.4 Å². The van der Waals surface area contributed by atoms with Crippen molar-refractivity contribution in [2.45, 2.75) is 12.1 Å². The first-order chi connectivity index (χ1) is 10.1. The molecule has 0 radical (unpaired) electrons. The summed E-state index contributed by atoms with van der Waals surface area (Å²) in [6.07, 6.45) is 0. The molecule has 0 amide bonds. The molecule has 2 aromatic carbocycles. The number of benzene rings is 2. The van der Waals surface area contributed by atoms with Gasteiger partial charge in [0.05, 0.1) is 16.8 Å². The molecule has 0 unspecified atom stereocenters. The predicted molar refractivity (Wildman–Crippen MR) is 87.3 cm³/mol. The van der Waals surface area contributed by atoms with Crippen LogP contribution in [0.25, 0.3) is 11.0 Å². The number of Topliss-reactive ketones (excluding diaryl/α,β-unsaturated/α-hetero) is 1. The molecule has 106 valence electrons. The number of hydrogen-bond acceptors (Lipinski definition) is 3. The summed E-state index contributed by atoms with van der Waals surface area (Å²) in [7, 11) is 0. The Morgan fingerprint density at radius 3 is 2.76 bits per heavy atom. The quantitative estimate of drug-likeness (QED) is 0.569. The Kier molecular flexibility index (Phi) is 3.99. The number of carbonyl (C=O) groups excluding carboxylic acids is 1. The van der Waals surface area contributed by atoms with E-state index in [4.69, 9.17) is 11.6 Å². The minimum Gasteiger partial charge on any atom is -0.333 e. The van der Waals surface area contributed by atoms with Gasteiger partial charge in [-0.1, -0.05) is 29.4 Å². The molecule has 0 fully saturated rings. The van der Waals surface area contributed by atoms with Crippen LogP contribution in [0.2, 0.25) is 5.02 Å². The van der Waals surface area contributed by atoms with Gasteiger partial charge in [0.25, 0.3) is 0 Å². The van der Waals surface area contributed by atoms with Crippen LogP contribution in [0.5, 0.6) is 0 Å². The minimum absolute atomic E-state index is 0.0632. The molecule has 0 bridgehead atoms. The highest BCUT2D eigenvalue weighted by atomic mass is 35.5. The normalized spacial score (nSPS) is 11.0. The van der Waals surface area contributed by atoms with Crippen molar-refractivity contribution in [1.29, 1.82) is 0 Å². The van der Waals surface area contributed by atoms with E-state index in [1.54, 1.807) is 24.3 Å². The highest BCUT2D eigenvalue weighted by molar-refractivity contribution is 7.99. The number of thioether (sulfide) groups is 1. The zero-order valence-corrected chi connectivity index (χ0v) is 13.0. The topological polar surface area (TPSA) is 45.8 Å². The smallest absolute Gasteiger partial charge is 0.173 e. The van der Waals surface area contributed by atoms with Crippen molar-refractivity contribution >= 4 is 40.2 Å². The molecular weight excluding hydrogens is 304 g/mol. The Morgan fingerprint density at radius 1 is 1.24 bits per heavy atom. The number of nitrogens with zero attached hydrogens (tertiary/aromatic N) is 1. The Bertz CT molecular complexity index is 796. The molecule has 5 heteroatoms. The average Bonchev–Trinajstić information content (AvgIpc) is 2.87. The van der Waals surface area contributed by atoms with Gasteiger partial charge in [0.15, 0.2) is 10.9 Å². The maximum atomic E-state index is 12.1. The molecule has 0 aliphatic rings. The van der Waals surface area contributed by atoms with Crippen molar-refractivity contribution in [1.82, 2.24) is 9.97 Å². The van der Waals surface area contributed by atoms with Gasteiger partial charge in [-0.25, -0.2) is 4.98 Å². The molecule has 21 heavy (non-hydrogen) atoms. The Balaban J connectivity index is 1.71. The molecule has 3 rings (SSSR count). The molecule has 1 N–H and O–H groups in total. The molecule has 0 saturated heterocycles.